The van der Waals surface area contributed by atoms with Gasteiger partial charge in [-0.05, 0) is 32.9 Å². The molecule has 0 spiro atoms. The van der Waals surface area contributed by atoms with Crippen LogP contribution in [0.4, 0.5) is 0 Å². The SMILES string of the molecule is Cc1nc(-c2cccc(Cl)c2)n(CC(=O)NC(C)C)c(=O)c1CCO. The molecule has 0 aliphatic heterocycles. The molecule has 7 heteroatoms. The van der Waals surface area contributed by atoms with Gasteiger partial charge in [-0.25, -0.2) is 4.98 Å². The van der Waals surface area contributed by atoms with E-state index in [1.807, 2.05) is 13.8 Å². The van der Waals surface area contributed by atoms with Crippen LogP contribution >= 0.6 is 11.6 Å². The summed E-state index contributed by atoms with van der Waals surface area (Å²) in [6.45, 7) is 5.11. The fourth-order valence-corrected chi connectivity index (χ4v) is 2.80. The zero-order valence-corrected chi connectivity index (χ0v) is 15.3. The summed E-state index contributed by atoms with van der Waals surface area (Å²) in [6, 6.07) is 6.94. The van der Waals surface area contributed by atoms with Gasteiger partial charge < -0.3 is 10.4 Å². The van der Waals surface area contributed by atoms with E-state index >= 15 is 0 Å². The third-order valence-corrected chi connectivity index (χ3v) is 3.90. The molecule has 134 valence electrons. The number of hydrogen-bond donors (Lipinski definition) is 2. The van der Waals surface area contributed by atoms with Crippen LogP contribution in [0, 0.1) is 6.92 Å². The van der Waals surface area contributed by atoms with Gasteiger partial charge in [0.2, 0.25) is 5.91 Å². The van der Waals surface area contributed by atoms with Crippen LogP contribution in [0.25, 0.3) is 11.4 Å². The molecule has 1 aromatic heterocycles. The number of rotatable bonds is 6. The van der Waals surface area contributed by atoms with Gasteiger partial charge >= 0.3 is 0 Å². The number of carbonyl (C=O) groups is 1. The van der Waals surface area contributed by atoms with Crippen molar-refractivity contribution in [3.05, 3.63) is 50.9 Å². The van der Waals surface area contributed by atoms with Crippen LogP contribution in [0.2, 0.25) is 5.02 Å². The summed E-state index contributed by atoms with van der Waals surface area (Å²) < 4.78 is 1.33. The van der Waals surface area contributed by atoms with Gasteiger partial charge in [0.15, 0.2) is 0 Å². The van der Waals surface area contributed by atoms with Gasteiger partial charge in [0.1, 0.15) is 12.4 Å². The molecule has 0 saturated heterocycles. The first-order valence-electron chi connectivity index (χ1n) is 8.10. The molecular formula is C18H22ClN3O3. The molecule has 0 atom stereocenters. The second kappa shape index (κ2) is 8.27. The zero-order valence-electron chi connectivity index (χ0n) is 14.5. The Morgan fingerprint density at radius 1 is 1.40 bits per heavy atom. The number of halogens is 1. The van der Waals surface area contributed by atoms with E-state index in [1.54, 1.807) is 31.2 Å². The van der Waals surface area contributed by atoms with E-state index in [2.05, 4.69) is 10.3 Å². The van der Waals surface area contributed by atoms with Crippen molar-refractivity contribution in [1.29, 1.82) is 0 Å². The number of nitrogens with zero attached hydrogens (tertiary/aromatic N) is 2. The summed E-state index contributed by atoms with van der Waals surface area (Å²) >= 11 is 6.05. The Morgan fingerprint density at radius 3 is 2.72 bits per heavy atom. The summed E-state index contributed by atoms with van der Waals surface area (Å²) in [5.41, 5.74) is 1.27. The molecule has 0 saturated carbocycles. The molecule has 2 aromatic rings. The summed E-state index contributed by atoms with van der Waals surface area (Å²) in [7, 11) is 0. The van der Waals surface area contributed by atoms with Crippen molar-refractivity contribution in [2.24, 2.45) is 0 Å². The van der Waals surface area contributed by atoms with Gasteiger partial charge in [0.05, 0.1) is 0 Å². The highest BCUT2D eigenvalue weighted by atomic mass is 35.5. The third kappa shape index (κ3) is 4.67. The Bertz CT molecular complexity index is 831. The Labute approximate surface area is 151 Å². The first kappa shape index (κ1) is 19.1. The van der Waals surface area contributed by atoms with Gasteiger partial charge in [-0.2, -0.15) is 0 Å². The molecule has 0 fully saturated rings. The molecule has 25 heavy (non-hydrogen) atoms. The first-order chi connectivity index (χ1) is 11.8. The van der Waals surface area contributed by atoms with E-state index in [1.165, 1.54) is 4.57 Å². The van der Waals surface area contributed by atoms with Crippen molar-refractivity contribution in [2.75, 3.05) is 6.61 Å². The van der Waals surface area contributed by atoms with E-state index in [4.69, 9.17) is 11.6 Å². The van der Waals surface area contributed by atoms with E-state index < -0.39 is 0 Å². The molecule has 0 bridgehead atoms. The number of aromatic nitrogens is 2. The van der Waals surface area contributed by atoms with Gasteiger partial charge in [-0.15, -0.1) is 0 Å². The van der Waals surface area contributed by atoms with Crippen molar-refractivity contribution < 1.29 is 9.90 Å². The molecule has 2 N–H and O–H groups in total. The standard InChI is InChI=1S/C18H22ClN3O3/c1-11(2)20-16(24)10-22-17(13-5-4-6-14(19)9-13)21-12(3)15(7-8-23)18(22)25/h4-6,9,11,23H,7-8,10H2,1-3H3,(H,20,24). The van der Waals surface area contributed by atoms with Crippen LogP contribution in [0.5, 0.6) is 0 Å². The Morgan fingerprint density at radius 2 is 2.12 bits per heavy atom. The normalized spacial score (nSPS) is 11.0. The highest BCUT2D eigenvalue weighted by Gasteiger charge is 2.18. The minimum atomic E-state index is -0.324. The highest BCUT2D eigenvalue weighted by molar-refractivity contribution is 6.30. The second-order valence-electron chi connectivity index (χ2n) is 6.10. The number of carbonyl (C=O) groups excluding carboxylic acids is 1. The predicted octanol–water partition coefficient (Wildman–Crippen LogP) is 1.93. The Kier molecular flexibility index (Phi) is 6.33. The fourth-order valence-electron chi connectivity index (χ4n) is 2.61. The quantitative estimate of drug-likeness (QED) is 0.821. The number of amides is 1. The largest absolute Gasteiger partial charge is 0.396 e. The number of nitrogens with one attached hydrogen (secondary N) is 1. The lowest BCUT2D eigenvalue weighted by molar-refractivity contribution is -0.122. The van der Waals surface area contributed by atoms with E-state index in [0.717, 1.165) is 0 Å². The maximum absolute atomic E-state index is 12.9. The lowest BCUT2D eigenvalue weighted by Crippen LogP contribution is -2.38. The minimum Gasteiger partial charge on any atom is -0.396 e. The molecule has 0 radical (unpaired) electrons. The predicted molar refractivity (Wildman–Crippen MR) is 97.7 cm³/mol. The second-order valence-corrected chi connectivity index (χ2v) is 6.53. The molecule has 0 aliphatic carbocycles. The average Bonchev–Trinajstić information content (AvgIpc) is 2.53. The van der Waals surface area contributed by atoms with Crippen molar-refractivity contribution in [2.45, 2.75) is 39.8 Å². The van der Waals surface area contributed by atoms with Gasteiger partial charge in [0.25, 0.3) is 5.56 Å². The third-order valence-electron chi connectivity index (χ3n) is 3.67. The summed E-state index contributed by atoms with van der Waals surface area (Å²) in [6.07, 6.45) is 0.194. The maximum Gasteiger partial charge on any atom is 0.257 e. The molecule has 1 amide bonds. The molecule has 0 aliphatic rings. The topological polar surface area (TPSA) is 84.2 Å². The van der Waals surface area contributed by atoms with Crippen LogP contribution < -0.4 is 10.9 Å². The smallest absolute Gasteiger partial charge is 0.257 e. The van der Waals surface area contributed by atoms with Gasteiger partial charge in [-0.3, -0.25) is 14.2 Å². The van der Waals surface area contributed by atoms with E-state index in [9.17, 15) is 14.7 Å². The number of hydrogen-bond acceptors (Lipinski definition) is 4. The number of aryl methyl sites for hydroxylation is 1. The molecule has 0 unspecified atom stereocenters. The lowest BCUT2D eigenvalue weighted by Gasteiger charge is -2.16. The van der Waals surface area contributed by atoms with Crippen molar-refractivity contribution in [3.8, 4) is 11.4 Å². The maximum atomic E-state index is 12.9. The first-order valence-corrected chi connectivity index (χ1v) is 8.47. The summed E-state index contributed by atoms with van der Waals surface area (Å²) in [5, 5.41) is 12.5. The van der Waals surface area contributed by atoms with E-state index in [-0.39, 0.29) is 37.1 Å². The van der Waals surface area contributed by atoms with Crippen LogP contribution in [0.1, 0.15) is 25.1 Å². The lowest BCUT2D eigenvalue weighted by atomic mass is 10.1. The fraction of sp³-hybridized carbons (Fsp3) is 0.389. The summed E-state index contributed by atoms with van der Waals surface area (Å²) in [4.78, 5) is 29.6. The van der Waals surface area contributed by atoms with Crippen LogP contribution in [-0.2, 0) is 17.8 Å². The molecule has 1 aromatic carbocycles. The van der Waals surface area contributed by atoms with Crippen molar-refractivity contribution >= 4 is 17.5 Å². The molecule has 1 heterocycles. The Balaban J connectivity index is 2.61. The minimum absolute atomic E-state index is 0.0341. The van der Waals surface area contributed by atoms with Crippen LogP contribution in [0.15, 0.2) is 29.1 Å². The van der Waals surface area contributed by atoms with Crippen LogP contribution in [-0.4, -0.2) is 33.2 Å². The summed E-state index contributed by atoms with van der Waals surface area (Å²) in [5.74, 6) is 0.103. The average molecular weight is 364 g/mol. The van der Waals surface area contributed by atoms with Crippen molar-refractivity contribution in [1.82, 2.24) is 14.9 Å². The number of aliphatic hydroxyl groups is 1. The molecule has 6 nitrogen and oxygen atoms in total. The van der Waals surface area contributed by atoms with Gasteiger partial charge in [-0.1, -0.05) is 23.7 Å². The number of benzene rings is 1. The number of aliphatic hydroxyl groups excluding tert-OH is 1. The molecule has 2 rings (SSSR count). The van der Waals surface area contributed by atoms with Crippen molar-refractivity contribution in [3.63, 3.8) is 0 Å². The monoisotopic (exact) mass is 363 g/mol. The van der Waals surface area contributed by atoms with Crippen LogP contribution in [0.3, 0.4) is 0 Å². The Hall–Kier alpha value is -2.18. The van der Waals surface area contributed by atoms with E-state index in [0.29, 0.717) is 27.7 Å². The zero-order chi connectivity index (χ0) is 18.6. The molecular weight excluding hydrogens is 342 g/mol. The highest BCUT2D eigenvalue weighted by Crippen LogP contribution is 2.21. The van der Waals surface area contributed by atoms with Gasteiger partial charge in [0, 0.05) is 40.9 Å².